The summed E-state index contributed by atoms with van der Waals surface area (Å²) in [4.78, 5) is 17.3. The molecule has 1 saturated carbocycles. The van der Waals surface area contributed by atoms with Crippen molar-refractivity contribution in [3.63, 3.8) is 0 Å². The van der Waals surface area contributed by atoms with Crippen molar-refractivity contribution in [1.29, 1.82) is 0 Å². The molecule has 2 rings (SSSR count). The van der Waals surface area contributed by atoms with Crippen molar-refractivity contribution in [3.8, 4) is 0 Å². The average molecular weight is 311 g/mol. The van der Waals surface area contributed by atoms with Crippen LogP contribution in [0, 0.1) is 5.92 Å². The van der Waals surface area contributed by atoms with Gasteiger partial charge in [0.2, 0.25) is 5.01 Å². The molecule has 1 aromatic heterocycles. The zero-order chi connectivity index (χ0) is 15.5. The molecule has 1 aromatic rings. The van der Waals surface area contributed by atoms with Crippen LogP contribution in [0.3, 0.4) is 0 Å². The Labute approximate surface area is 130 Å². The first-order valence-corrected chi connectivity index (χ1v) is 8.37. The Morgan fingerprint density at radius 3 is 2.95 bits per heavy atom. The lowest BCUT2D eigenvalue weighted by Gasteiger charge is -2.45. The Kier molecular flexibility index (Phi) is 5.35. The lowest BCUT2D eigenvalue weighted by Crippen LogP contribution is -2.54. The highest BCUT2D eigenvalue weighted by Gasteiger charge is 2.36. The Bertz CT molecular complexity index is 489. The van der Waals surface area contributed by atoms with Gasteiger partial charge in [0.15, 0.2) is 0 Å². The lowest BCUT2D eigenvalue weighted by molar-refractivity contribution is 0.0695. The molecule has 1 fully saturated rings. The van der Waals surface area contributed by atoms with Gasteiger partial charge in [0.1, 0.15) is 0 Å². The average Bonchev–Trinajstić information content (AvgIpc) is 2.87. The van der Waals surface area contributed by atoms with Crippen LogP contribution in [0.2, 0.25) is 0 Å². The normalized spacial score (nSPS) is 26.2. The second kappa shape index (κ2) is 6.85. The molecule has 2 unspecified atom stereocenters. The van der Waals surface area contributed by atoms with Gasteiger partial charge in [-0.3, -0.25) is 0 Å². The molecule has 0 aromatic carbocycles. The van der Waals surface area contributed by atoms with E-state index in [1.165, 1.54) is 37.0 Å². The van der Waals surface area contributed by atoms with Gasteiger partial charge in [0.05, 0.1) is 5.69 Å². The number of hydrogen-bond donors (Lipinski definition) is 2. The standard InChI is InChI=1S/C15H25N3O2S/c1-11-5-4-6-15(7-11,18(2)3)10-16-8-12-9-21-13(17-12)14(19)20/h9,11,16H,4-8,10H2,1-3H3,(H,19,20). The summed E-state index contributed by atoms with van der Waals surface area (Å²) in [5.74, 6) is -0.182. The molecule has 1 aliphatic carbocycles. The van der Waals surface area contributed by atoms with Gasteiger partial charge in [-0.1, -0.05) is 19.8 Å². The quantitative estimate of drug-likeness (QED) is 0.845. The number of carboxylic acids is 1. The van der Waals surface area contributed by atoms with Crippen molar-refractivity contribution < 1.29 is 9.90 Å². The molecule has 0 radical (unpaired) electrons. The van der Waals surface area contributed by atoms with Gasteiger partial charge in [-0.25, -0.2) is 9.78 Å². The predicted molar refractivity (Wildman–Crippen MR) is 84.8 cm³/mol. The minimum Gasteiger partial charge on any atom is -0.476 e. The minimum absolute atomic E-state index is 0.167. The monoisotopic (exact) mass is 311 g/mol. The van der Waals surface area contributed by atoms with Crippen LogP contribution in [0.4, 0.5) is 0 Å². The van der Waals surface area contributed by atoms with Gasteiger partial charge in [-0.15, -0.1) is 11.3 Å². The summed E-state index contributed by atoms with van der Waals surface area (Å²) in [6.45, 7) is 3.88. The lowest BCUT2D eigenvalue weighted by atomic mass is 9.75. The summed E-state index contributed by atoms with van der Waals surface area (Å²) in [5.41, 5.74) is 1.03. The fourth-order valence-corrected chi connectivity index (χ4v) is 3.92. The van der Waals surface area contributed by atoms with Crippen LogP contribution in [-0.2, 0) is 6.54 Å². The molecule has 118 valence electrons. The molecule has 0 aliphatic heterocycles. The third-order valence-electron chi connectivity index (χ3n) is 4.51. The first kappa shape index (κ1) is 16.4. The van der Waals surface area contributed by atoms with E-state index < -0.39 is 5.97 Å². The predicted octanol–water partition coefficient (Wildman–Crippen LogP) is 2.44. The molecule has 0 saturated heterocycles. The first-order valence-electron chi connectivity index (χ1n) is 7.49. The summed E-state index contributed by atoms with van der Waals surface area (Å²) in [6.07, 6.45) is 5.03. The zero-order valence-corrected chi connectivity index (χ0v) is 13.9. The van der Waals surface area contributed by atoms with Gasteiger partial charge in [0.25, 0.3) is 0 Å². The van der Waals surface area contributed by atoms with Gasteiger partial charge in [-0.2, -0.15) is 0 Å². The fraction of sp³-hybridized carbons (Fsp3) is 0.733. The molecule has 0 bridgehead atoms. The molecule has 5 nitrogen and oxygen atoms in total. The molecule has 0 amide bonds. The van der Waals surface area contributed by atoms with Gasteiger partial charge < -0.3 is 15.3 Å². The van der Waals surface area contributed by atoms with E-state index in [2.05, 4.69) is 36.2 Å². The minimum atomic E-state index is -0.947. The van der Waals surface area contributed by atoms with E-state index in [0.29, 0.717) is 6.54 Å². The molecular formula is C15H25N3O2S. The van der Waals surface area contributed by atoms with Gasteiger partial charge in [0, 0.05) is 24.0 Å². The Hall–Kier alpha value is -0.980. The second-order valence-electron chi connectivity index (χ2n) is 6.37. The maximum atomic E-state index is 10.8. The molecule has 2 N–H and O–H groups in total. The number of carboxylic acid groups (broad SMARTS) is 1. The van der Waals surface area contributed by atoms with Crippen molar-refractivity contribution >= 4 is 17.3 Å². The highest BCUT2D eigenvalue weighted by Crippen LogP contribution is 2.35. The summed E-state index contributed by atoms with van der Waals surface area (Å²) in [5, 5.41) is 14.4. The van der Waals surface area contributed by atoms with Crippen LogP contribution in [-0.4, -0.2) is 47.1 Å². The SMILES string of the molecule is CC1CCCC(CNCc2csc(C(=O)O)n2)(N(C)C)C1. The zero-order valence-electron chi connectivity index (χ0n) is 13.1. The Morgan fingerprint density at radius 1 is 1.62 bits per heavy atom. The van der Waals surface area contributed by atoms with Crippen LogP contribution >= 0.6 is 11.3 Å². The smallest absolute Gasteiger partial charge is 0.365 e. The van der Waals surface area contributed by atoms with E-state index in [9.17, 15) is 4.79 Å². The maximum absolute atomic E-state index is 10.8. The highest BCUT2D eigenvalue weighted by atomic mass is 32.1. The van der Waals surface area contributed by atoms with Crippen LogP contribution in [0.25, 0.3) is 0 Å². The summed E-state index contributed by atoms with van der Waals surface area (Å²) < 4.78 is 0. The van der Waals surface area contributed by atoms with Crippen molar-refractivity contribution in [1.82, 2.24) is 15.2 Å². The Balaban J connectivity index is 1.91. The van der Waals surface area contributed by atoms with Gasteiger partial charge in [-0.05, 0) is 32.9 Å². The van der Waals surface area contributed by atoms with E-state index in [1.54, 1.807) is 0 Å². The van der Waals surface area contributed by atoms with E-state index in [4.69, 9.17) is 5.11 Å². The van der Waals surface area contributed by atoms with Gasteiger partial charge >= 0.3 is 5.97 Å². The van der Waals surface area contributed by atoms with Crippen LogP contribution in [0.5, 0.6) is 0 Å². The second-order valence-corrected chi connectivity index (χ2v) is 7.23. The highest BCUT2D eigenvalue weighted by molar-refractivity contribution is 7.11. The summed E-state index contributed by atoms with van der Waals surface area (Å²) in [6, 6.07) is 0. The van der Waals surface area contributed by atoms with Crippen LogP contribution in [0.1, 0.15) is 48.1 Å². The molecule has 21 heavy (non-hydrogen) atoms. The van der Waals surface area contributed by atoms with E-state index >= 15 is 0 Å². The van der Waals surface area contributed by atoms with Crippen molar-refractivity contribution in [2.75, 3.05) is 20.6 Å². The van der Waals surface area contributed by atoms with Crippen molar-refractivity contribution in [2.45, 2.75) is 44.7 Å². The van der Waals surface area contributed by atoms with Crippen molar-refractivity contribution in [3.05, 3.63) is 16.1 Å². The number of nitrogens with one attached hydrogen (secondary N) is 1. The topological polar surface area (TPSA) is 65.5 Å². The largest absolute Gasteiger partial charge is 0.476 e. The first-order chi connectivity index (χ1) is 9.93. The van der Waals surface area contributed by atoms with E-state index in [1.807, 2.05) is 5.38 Å². The number of aromatic nitrogens is 1. The molecule has 0 spiro atoms. The fourth-order valence-electron chi connectivity index (χ4n) is 3.27. The third-order valence-corrected chi connectivity index (χ3v) is 5.39. The number of rotatable bonds is 6. The van der Waals surface area contributed by atoms with Crippen LogP contribution < -0.4 is 5.32 Å². The van der Waals surface area contributed by atoms with E-state index in [-0.39, 0.29) is 10.5 Å². The number of aromatic carboxylic acids is 1. The maximum Gasteiger partial charge on any atom is 0.365 e. The number of carbonyl (C=O) groups is 1. The Morgan fingerprint density at radius 2 is 2.38 bits per heavy atom. The van der Waals surface area contributed by atoms with Crippen molar-refractivity contribution in [2.24, 2.45) is 5.92 Å². The third kappa shape index (κ3) is 4.02. The summed E-state index contributed by atoms with van der Waals surface area (Å²) in [7, 11) is 4.32. The number of nitrogens with zero attached hydrogens (tertiary/aromatic N) is 2. The van der Waals surface area contributed by atoms with Crippen LogP contribution in [0.15, 0.2) is 5.38 Å². The number of thiazole rings is 1. The van der Waals surface area contributed by atoms with E-state index in [0.717, 1.165) is 18.2 Å². The molecule has 1 aliphatic rings. The number of likely N-dealkylation sites (N-methyl/N-ethyl adjacent to an activating group) is 1. The molecule has 2 atom stereocenters. The molecular weight excluding hydrogens is 286 g/mol. The molecule has 1 heterocycles. The summed E-state index contributed by atoms with van der Waals surface area (Å²) >= 11 is 1.19. The molecule has 6 heteroatoms. The number of hydrogen-bond acceptors (Lipinski definition) is 5.